The van der Waals surface area contributed by atoms with E-state index in [-0.39, 0.29) is 5.37 Å². The molecule has 3 heterocycles. The van der Waals surface area contributed by atoms with Gasteiger partial charge < -0.3 is 0 Å². The van der Waals surface area contributed by atoms with Crippen LogP contribution in [0.5, 0.6) is 0 Å². The monoisotopic (exact) mass is 234 g/mol. The molecule has 82 valence electrons. The van der Waals surface area contributed by atoms with E-state index in [1.807, 2.05) is 28.5 Å². The second-order valence-electron chi connectivity index (χ2n) is 3.45. The summed E-state index contributed by atoms with van der Waals surface area (Å²) in [5.74, 6) is 0. The number of rotatable bonds is 2. The Balaban J connectivity index is 2.13. The van der Waals surface area contributed by atoms with E-state index in [1.54, 1.807) is 36.8 Å². The third kappa shape index (κ3) is 1.28. The van der Waals surface area contributed by atoms with E-state index >= 15 is 0 Å². The maximum Gasteiger partial charge on any atom is 0.290 e. The van der Waals surface area contributed by atoms with Gasteiger partial charge in [-0.3, -0.25) is 9.13 Å². The molecule has 0 amide bonds. The minimum Gasteiger partial charge on any atom is -0.284 e. The number of thioether (sulfide) groups is 1. The van der Waals surface area contributed by atoms with Crippen LogP contribution in [0.1, 0.15) is 6.92 Å². The van der Waals surface area contributed by atoms with Crippen LogP contribution in [0.15, 0.2) is 47.7 Å². The van der Waals surface area contributed by atoms with Crippen LogP contribution in [-0.2, 0) is 5.12 Å². The summed E-state index contributed by atoms with van der Waals surface area (Å²) >= 11 is 1.64. The molecule has 1 aliphatic rings. The summed E-state index contributed by atoms with van der Waals surface area (Å²) in [7, 11) is 0. The summed E-state index contributed by atoms with van der Waals surface area (Å²) in [5.41, 5.74) is 0. The van der Waals surface area contributed by atoms with Crippen molar-refractivity contribution in [1.82, 2.24) is 19.1 Å². The fraction of sp³-hybridized carbons (Fsp3) is 0.333. The van der Waals surface area contributed by atoms with Crippen molar-refractivity contribution in [1.29, 1.82) is 0 Å². The number of azo groups is 1. The molecule has 0 N–H and O–H groups in total. The predicted molar refractivity (Wildman–Crippen MR) is 59.7 cm³/mol. The molecule has 0 fully saturated rings. The standard InChI is InChI=1S/C9H10N6S/c1-8-12-13-9(16-8,14-4-2-10-6-14)15-5-3-11-7-15/h2-8H,1H3. The van der Waals surface area contributed by atoms with Crippen molar-refractivity contribution in [2.75, 3.05) is 0 Å². The highest BCUT2D eigenvalue weighted by atomic mass is 32.2. The van der Waals surface area contributed by atoms with E-state index in [9.17, 15) is 0 Å². The van der Waals surface area contributed by atoms with Crippen molar-refractivity contribution >= 4 is 11.8 Å². The molecule has 3 rings (SSSR count). The lowest BCUT2D eigenvalue weighted by Gasteiger charge is -2.26. The van der Waals surface area contributed by atoms with E-state index in [0.717, 1.165) is 0 Å². The molecular formula is C9H10N6S. The Morgan fingerprint density at radius 1 is 1.12 bits per heavy atom. The zero-order valence-corrected chi connectivity index (χ0v) is 9.45. The zero-order valence-electron chi connectivity index (χ0n) is 8.63. The molecule has 16 heavy (non-hydrogen) atoms. The van der Waals surface area contributed by atoms with Crippen molar-refractivity contribution in [2.24, 2.45) is 10.2 Å². The van der Waals surface area contributed by atoms with Gasteiger partial charge in [-0.05, 0) is 6.92 Å². The third-order valence-electron chi connectivity index (χ3n) is 2.36. The maximum atomic E-state index is 4.37. The van der Waals surface area contributed by atoms with Gasteiger partial charge in [-0.15, -0.1) is 5.11 Å². The van der Waals surface area contributed by atoms with Gasteiger partial charge in [-0.1, -0.05) is 11.8 Å². The molecule has 1 atom stereocenters. The van der Waals surface area contributed by atoms with Crippen LogP contribution in [0.25, 0.3) is 0 Å². The Labute approximate surface area is 96.4 Å². The predicted octanol–water partition coefficient (Wildman–Crippen LogP) is 1.74. The maximum absolute atomic E-state index is 4.37. The first-order valence-corrected chi connectivity index (χ1v) is 5.76. The van der Waals surface area contributed by atoms with Gasteiger partial charge in [0.1, 0.15) is 5.37 Å². The van der Waals surface area contributed by atoms with Crippen LogP contribution in [-0.4, -0.2) is 24.5 Å². The lowest BCUT2D eigenvalue weighted by molar-refractivity contribution is 0.383. The van der Waals surface area contributed by atoms with E-state index in [0.29, 0.717) is 0 Å². The lowest BCUT2D eigenvalue weighted by atomic mass is 10.7. The number of imidazole rings is 2. The van der Waals surface area contributed by atoms with Crippen molar-refractivity contribution in [3.63, 3.8) is 0 Å². The SMILES string of the molecule is CC1N=NC(n2ccnc2)(n2ccnc2)S1. The van der Waals surface area contributed by atoms with Gasteiger partial charge in [-0.2, -0.15) is 5.11 Å². The second-order valence-corrected chi connectivity index (χ2v) is 4.91. The molecule has 0 aromatic carbocycles. The first-order valence-electron chi connectivity index (χ1n) is 4.88. The zero-order chi connectivity index (χ0) is 11.0. The second kappa shape index (κ2) is 3.44. The minimum atomic E-state index is -0.605. The van der Waals surface area contributed by atoms with E-state index in [4.69, 9.17) is 0 Å². The van der Waals surface area contributed by atoms with Crippen LogP contribution in [0.2, 0.25) is 0 Å². The van der Waals surface area contributed by atoms with Gasteiger partial charge in [0.25, 0.3) is 5.12 Å². The van der Waals surface area contributed by atoms with Gasteiger partial charge >= 0.3 is 0 Å². The van der Waals surface area contributed by atoms with E-state index in [2.05, 4.69) is 20.2 Å². The van der Waals surface area contributed by atoms with Gasteiger partial charge in [0.05, 0.1) is 12.7 Å². The molecule has 2 aromatic rings. The van der Waals surface area contributed by atoms with Crippen LogP contribution < -0.4 is 0 Å². The van der Waals surface area contributed by atoms with Gasteiger partial charge in [0, 0.05) is 24.8 Å². The van der Waals surface area contributed by atoms with Crippen LogP contribution in [0, 0.1) is 0 Å². The smallest absolute Gasteiger partial charge is 0.284 e. The van der Waals surface area contributed by atoms with Gasteiger partial charge in [-0.25, -0.2) is 9.97 Å². The molecule has 1 unspecified atom stereocenters. The van der Waals surface area contributed by atoms with E-state index in [1.165, 1.54) is 0 Å². The normalized spacial score (nSPS) is 22.7. The number of hydrogen-bond donors (Lipinski definition) is 0. The molecule has 0 aliphatic carbocycles. The third-order valence-corrected chi connectivity index (χ3v) is 3.62. The summed E-state index contributed by atoms with van der Waals surface area (Å²) in [6, 6.07) is 0. The first-order chi connectivity index (χ1) is 7.81. The topological polar surface area (TPSA) is 60.4 Å². The Morgan fingerprint density at radius 3 is 2.12 bits per heavy atom. The lowest BCUT2D eigenvalue weighted by Crippen LogP contribution is -2.33. The van der Waals surface area contributed by atoms with Crippen molar-refractivity contribution in [3.8, 4) is 0 Å². The molecule has 0 saturated heterocycles. The first kappa shape index (κ1) is 9.59. The fourth-order valence-electron chi connectivity index (χ4n) is 1.65. The number of aromatic nitrogens is 4. The molecule has 0 saturated carbocycles. The van der Waals surface area contributed by atoms with Crippen molar-refractivity contribution < 1.29 is 0 Å². The number of nitrogens with zero attached hydrogens (tertiary/aromatic N) is 6. The van der Waals surface area contributed by atoms with Gasteiger partial charge in [0.15, 0.2) is 0 Å². The Bertz CT molecular complexity index is 454. The quantitative estimate of drug-likeness (QED) is 0.795. The van der Waals surface area contributed by atoms with Crippen molar-refractivity contribution in [2.45, 2.75) is 17.4 Å². The molecule has 0 radical (unpaired) electrons. The molecule has 0 spiro atoms. The largest absolute Gasteiger partial charge is 0.290 e. The Kier molecular flexibility index (Phi) is 2.06. The Hall–Kier alpha value is -1.63. The summed E-state index contributed by atoms with van der Waals surface area (Å²) < 4.78 is 3.85. The summed E-state index contributed by atoms with van der Waals surface area (Å²) in [4.78, 5) is 8.12. The highest BCUT2D eigenvalue weighted by Gasteiger charge is 2.40. The summed E-state index contributed by atoms with van der Waals surface area (Å²) in [6.07, 6.45) is 10.7. The van der Waals surface area contributed by atoms with Crippen molar-refractivity contribution in [3.05, 3.63) is 37.4 Å². The van der Waals surface area contributed by atoms with Crippen LogP contribution in [0.4, 0.5) is 0 Å². The Morgan fingerprint density at radius 2 is 1.75 bits per heavy atom. The molecule has 0 bridgehead atoms. The molecule has 7 heteroatoms. The average Bonchev–Trinajstić information content (AvgIpc) is 2.99. The molecular weight excluding hydrogens is 224 g/mol. The summed E-state index contributed by atoms with van der Waals surface area (Å²) in [5, 5.41) is 8.08. The van der Waals surface area contributed by atoms with E-state index < -0.39 is 5.12 Å². The van der Waals surface area contributed by atoms with Gasteiger partial charge in [0.2, 0.25) is 0 Å². The fourth-order valence-corrected chi connectivity index (χ4v) is 2.76. The molecule has 2 aromatic heterocycles. The molecule has 1 aliphatic heterocycles. The average molecular weight is 234 g/mol. The molecule has 6 nitrogen and oxygen atoms in total. The highest BCUT2D eigenvalue weighted by Crippen LogP contribution is 2.43. The van der Waals surface area contributed by atoms with Crippen LogP contribution in [0.3, 0.4) is 0 Å². The summed E-state index contributed by atoms with van der Waals surface area (Å²) in [6.45, 7) is 2.02. The number of hydrogen-bond acceptors (Lipinski definition) is 5. The highest BCUT2D eigenvalue weighted by molar-refractivity contribution is 8.00. The minimum absolute atomic E-state index is 0.129. The van der Waals surface area contributed by atoms with Crippen LogP contribution >= 0.6 is 11.8 Å².